The van der Waals surface area contributed by atoms with Gasteiger partial charge in [-0.15, -0.1) is 22.6 Å². The topological polar surface area (TPSA) is 80.9 Å². The van der Waals surface area contributed by atoms with Gasteiger partial charge in [0.25, 0.3) is 0 Å². The number of halogens is 2. The minimum Gasteiger partial charge on any atom is -0.348 e. The number of rotatable bonds is 5. The molecule has 1 atom stereocenters. The van der Waals surface area contributed by atoms with Crippen LogP contribution in [0.5, 0.6) is 0 Å². The van der Waals surface area contributed by atoms with Gasteiger partial charge in [-0.25, -0.2) is 0 Å². The Hall–Kier alpha value is -1.02. The van der Waals surface area contributed by atoms with Crippen LogP contribution in [0.1, 0.15) is 42.3 Å². The summed E-state index contributed by atoms with van der Waals surface area (Å²) in [5.74, 6) is 0.0978. The lowest BCUT2D eigenvalue weighted by Crippen LogP contribution is -2.48. The van der Waals surface area contributed by atoms with Crippen molar-refractivity contribution in [2.24, 2.45) is 5.73 Å². The van der Waals surface area contributed by atoms with E-state index in [0.29, 0.717) is 12.5 Å². The molecule has 1 heterocycles. The average Bonchev–Trinajstić information content (AvgIpc) is 2.94. The van der Waals surface area contributed by atoms with Crippen LogP contribution in [0.15, 0.2) is 28.7 Å². The molecule has 2 aromatic rings. The van der Waals surface area contributed by atoms with E-state index in [4.69, 9.17) is 5.73 Å². The molecule has 1 aromatic heterocycles. The van der Waals surface area contributed by atoms with Gasteiger partial charge in [-0.2, -0.15) is 0 Å². The van der Waals surface area contributed by atoms with E-state index in [1.54, 1.807) is 6.92 Å². The zero-order chi connectivity index (χ0) is 16.3. The van der Waals surface area contributed by atoms with E-state index >= 15 is 0 Å². The van der Waals surface area contributed by atoms with Crippen LogP contribution in [0, 0.1) is 0 Å². The first kappa shape index (κ1) is 20.0. The number of nitrogens with one attached hydrogen (secondary N) is 1. The Balaban J connectivity index is 0.00000264. The second kappa shape index (κ2) is 8.19. The maximum atomic E-state index is 12.4. The molecule has 0 bridgehead atoms. The Morgan fingerprint density at radius 2 is 1.96 bits per heavy atom. The van der Waals surface area contributed by atoms with Crippen molar-refractivity contribution in [1.82, 2.24) is 15.5 Å². The summed E-state index contributed by atoms with van der Waals surface area (Å²) in [5.41, 5.74) is 5.86. The zero-order valence-corrected chi connectivity index (χ0v) is 16.4. The van der Waals surface area contributed by atoms with Crippen molar-refractivity contribution in [2.75, 3.05) is 0 Å². The number of nitrogens with two attached hydrogens (primary N) is 1. The molecule has 8 heteroatoms. The molecule has 0 radical (unpaired) electrons. The third-order valence-electron chi connectivity index (χ3n) is 3.29. The molecule has 5 nitrogen and oxygen atoms in total. The van der Waals surface area contributed by atoms with Gasteiger partial charge in [0, 0.05) is 10.4 Å². The van der Waals surface area contributed by atoms with Crippen LogP contribution in [-0.2, 0) is 16.9 Å². The Bertz CT molecular complexity index is 658. The summed E-state index contributed by atoms with van der Waals surface area (Å²) >= 11 is 4.88. The van der Waals surface area contributed by atoms with Crippen LogP contribution < -0.4 is 11.1 Å². The molecule has 0 saturated carbocycles. The minimum atomic E-state index is -1.09. The van der Waals surface area contributed by atoms with Crippen LogP contribution in [0.4, 0.5) is 0 Å². The van der Waals surface area contributed by atoms with Gasteiger partial charge in [-0.3, -0.25) is 4.79 Å². The van der Waals surface area contributed by atoms with Crippen molar-refractivity contribution in [1.29, 1.82) is 0 Å². The number of amides is 1. The monoisotopic (exact) mass is 418 g/mol. The van der Waals surface area contributed by atoms with Crippen molar-refractivity contribution in [2.45, 2.75) is 38.8 Å². The summed E-state index contributed by atoms with van der Waals surface area (Å²) in [6.07, 6.45) is 0. The summed E-state index contributed by atoms with van der Waals surface area (Å²) in [7, 11) is 0. The lowest BCUT2D eigenvalue weighted by Gasteiger charge is -2.23. The quantitative estimate of drug-likeness (QED) is 0.779. The highest BCUT2D eigenvalue weighted by Crippen LogP contribution is 2.22. The molecule has 1 unspecified atom stereocenters. The van der Waals surface area contributed by atoms with Gasteiger partial charge >= 0.3 is 0 Å². The van der Waals surface area contributed by atoms with Gasteiger partial charge in [-0.1, -0.05) is 53.2 Å². The molecule has 23 heavy (non-hydrogen) atoms. The van der Waals surface area contributed by atoms with Gasteiger partial charge in [0.15, 0.2) is 0 Å². The predicted octanol–water partition coefficient (Wildman–Crippen LogP) is 3.34. The van der Waals surface area contributed by atoms with E-state index in [1.165, 1.54) is 11.3 Å². The number of benzene rings is 1. The molecule has 1 amide bonds. The molecule has 0 aliphatic carbocycles. The zero-order valence-electron chi connectivity index (χ0n) is 13.2. The van der Waals surface area contributed by atoms with Crippen molar-refractivity contribution in [3.8, 4) is 0 Å². The van der Waals surface area contributed by atoms with Crippen LogP contribution >= 0.6 is 39.7 Å². The fraction of sp³-hybridized carbons (Fsp3) is 0.400. The molecule has 0 aliphatic rings. The Morgan fingerprint density at radius 3 is 2.48 bits per heavy atom. The Labute approximate surface area is 154 Å². The van der Waals surface area contributed by atoms with E-state index < -0.39 is 5.54 Å². The summed E-state index contributed by atoms with van der Waals surface area (Å²) in [6.45, 7) is 6.17. The highest BCUT2D eigenvalue weighted by molar-refractivity contribution is 9.10. The largest absolute Gasteiger partial charge is 0.348 e. The lowest BCUT2D eigenvalue weighted by molar-refractivity contribution is -0.126. The smallest absolute Gasteiger partial charge is 0.244 e. The number of nitrogens with zero attached hydrogens (tertiary/aromatic N) is 2. The number of hydrogen-bond donors (Lipinski definition) is 2. The maximum Gasteiger partial charge on any atom is 0.244 e. The van der Waals surface area contributed by atoms with E-state index in [1.807, 2.05) is 24.3 Å². The van der Waals surface area contributed by atoms with E-state index in [0.717, 1.165) is 20.1 Å². The molecule has 0 saturated heterocycles. The van der Waals surface area contributed by atoms with Crippen molar-refractivity contribution in [3.05, 3.63) is 44.3 Å². The van der Waals surface area contributed by atoms with Gasteiger partial charge in [-0.05, 0) is 24.6 Å². The number of hydrogen-bond acceptors (Lipinski definition) is 5. The van der Waals surface area contributed by atoms with Gasteiger partial charge in [0.1, 0.15) is 15.6 Å². The highest BCUT2D eigenvalue weighted by atomic mass is 79.9. The van der Waals surface area contributed by atoms with Crippen LogP contribution in [-0.4, -0.2) is 16.1 Å². The fourth-order valence-corrected chi connectivity index (χ4v) is 2.89. The third-order valence-corrected chi connectivity index (χ3v) is 5.04. The Morgan fingerprint density at radius 1 is 1.35 bits per heavy atom. The molecule has 2 rings (SSSR count). The molecule has 3 N–H and O–H groups in total. The maximum absolute atomic E-state index is 12.4. The minimum absolute atomic E-state index is 0. The van der Waals surface area contributed by atoms with Gasteiger partial charge < -0.3 is 11.1 Å². The van der Waals surface area contributed by atoms with Crippen molar-refractivity contribution >= 4 is 45.6 Å². The van der Waals surface area contributed by atoms with E-state index in [2.05, 4.69) is 45.3 Å². The molecule has 1 aromatic carbocycles. The van der Waals surface area contributed by atoms with Crippen LogP contribution in [0.3, 0.4) is 0 Å². The SMILES string of the molecule is CC(C)c1nnc(CNC(=O)C(C)(N)c2ccc(Br)cc2)s1.Cl. The first-order valence-electron chi connectivity index (χ1n) is 6.96. The normalized spacial score (nSPS) is 13.3. The van der Waals surface area contributed by atoms with Crippen molar-refractivity contribution < 1.29 is 4.79 Å². The number of aromatic nitrogens is 2. The van der Waals surface area contributed by atoms with E-state index in [9.17, 15) is 4.79 Å². The fourth-order valence-electron chi connectivity index (χ4n) is 1.84. The van der Waals surface area contributed by atoms with Crippen LogP contribution in [0.2, 0.25) is 0 Å². The summed E-state index contributed by atoms with van der Waals surface area (Å²) in [4.78, 5) is 12.4. The molecule has 0 fully saturated rings. The molecule has 0 aliphatic heterocycles. The first-order chi connectivity index (χ1) is 10.3. The molecular formula is C15H20BrClN4OS. The van der Waals surface area contributed by atoms with Gasteiger partial charge in [0.2, 0.25) is 5.91 Å². The molecular weight excluding hydrogens is 400 g/mol. The third kappa shape index (κ3) is 4.97. The first-order valence-corrected chi connectivity index (χ1v) is 8.57. The van der Waals surface area contributed by atoms with Crippen molar-refractivity contribution in [3.63, 3.8) is 0 Å². The summed E-state index contributed by atoms with van der Waals surface area (Å²) in [5, 5.41) is 12.8. The second-order valence-corrected chi connectivity index (χ2v) is 7.59. The number of carbonyl (C=O) groups excluding carboxylic acids is 1. The number of carbonyl (C=O) groups is 1. The van der Waals surface area contributed by atoms with E-state index in [-0.39, 0.29) is 18.3 Å². The summed E-state index contributed by atoms with van der Waals surface area (Å²) < 4.78 is 0.947. The molecule has 0 spiro atoms. The van der Waals surface area contributed by atoms with Crippen LogP contribution in [0.25, 0.3) is 0 Å². The second-order valence-electron chi connectivity index (χ2n) is 5.58. The highest BCUT2D eigenvalue weighted by Gasteiger charge is 2.30. The average molecular weight is 420 g/mol. The molecule has 126 valence electrons. The standard InChI is InChI=1S/C15H19BrN4OS.ClH/c1-9(2)13-20-19-12(22-13)8-18-14(21)15(3,17)10-4-6-11(16)7-5-10;/h4-7,9H,8,17H2,1-3H3,(H,18,21);1H. The predicted molar refractivity (Wildman–Crippen MR) is 98.8 cm³/mol. The summed E-state index contributed by atoms with van der Waals surface area (Å²) in [6, 6.07) is 7.41. The lowest BCUT2D eigenvalue weighted by atomic mass is 9.92. The Kier molecular flexibility index (Phi) is 7.13. The van der Waals surface area contributed by atoms with Gasteiger partial charge in [0.05, 0.1) is 6.54 Å².